The molecular formula is C18H28N4O4. The first-order chi connectivity index (χ1) is 12.6. The highest BCUT2D eigenvalue weighted by atomic mass is 16.3. The second-order valence-electron chi connectivity index (χ2n) is 6.47. The normalized spacial score (nSPS) is 14.5. The topological polar surface area (TPSA) is 112 Å². The van der Waals surface area contributed by atoms with Crippen molar-refractivity contribution in [3.63, 3.8) is 0 Å². The number of carbonyl (C=O) groups is 3. The van der Waals surface area contributed by atoms with E-state index >= 15 is 0 Å². The van der Waals surface area contributed by atoms with Crippen LogP contribution in [0.25, 0.3) is 0 Å². The third-order valence-corrected chi connectivity index (χ3v) is 4.29. The third-order valence-electron chi connectivity index (χ3n) is 4.29. The Morgan fingerprint density at radius 1 is 1.04 bits per heavy atom. The summed E-state index contributed by atoms with van der Waals surface area (Å²) in [5.74, 6) is 0.162. The molecule has 0 bridgehead atoms. The molecule has 144 valence electrons. The van der Waals surface area contributed by atoms with Crippen LogP contribution in [0.3, 0.4) is 0 Å². The molecule has 1 aliphatic carbocycles. The summed E-state index contributed by atoms with van der Waals surface area (Å²) < 4.78 is 5.10. The van der Waals surface area contributed by atoms with Gasteiger partial charge in [0.1, 0.15) is 5.76 Å². The Bertz CT molecular complexity index is 568. The minimum atomic E-state index is -0.278. The predicted molar refractivity (Wildman–Crippen MR) is 96.2 cm³/mol. The van der Waals surface area contributed by atoms with Crippen LogP contribution in [0.15, 0.2) is 22.8 Å². The molecule has 0 spiro atoms. The fourth-order valence-electron chi connectivity index (χ4n) is 2.86. The Balaban J connectivity index is 1.46. The van der Waals surface area contributed by atoms with Crippen molar-refractivity contribution in [3.05, 3.63) is 24.2 Å². The van der Waals surface area contributed by atoms with Gasteiger partial charge in [-0.1, -0.05) is 19.3 Å². The third kappa shape index (κ3) is 8.04. The maximum absolute atomic E-state index is 11.8. The maximum Gasteiger partial charge on any atom is 0.315 e. The van der Waals surface area contributed by atoms with Crippen molar-refractivity contribution in [1.29, 1.82) is 0 Å². The van der Waals surface area contributed by atoms with Gasteiger partial charge in [-0.15, -0.1) is 0 Å². The maximum atomic E-state index is 11.8. The lowest BCUT2D eigenvalue weighted by Crippen LogP contribution is -2.43. The summed E-state index contributed by atoms with van der Waals surface area (Å²) >= 11 is 0. The largest absolute Gasteiger partial charge is 0.467 e. The summed E-state index contributed by atoms with van der Waals surface area (Å²) in [7, 11) is 0. The van der Waals surface area contributed by atoms with Gasteiger partial charge in [0.25, 0.3) is 0 Å². The molecular weight excluding hydrogens is 336 g/mol. The molecule has 1 aliphatic rings. The van der Waals surface area contributed by atoms with Gasteiger partial charge in [-0.2, -0.15) is 0 Å². The van der Waals surface area contributed by atoms with Crippen LogP contribution in [-0.4, -0.2) is 37.0 Å². The molecule has 8 nitrogen and oxygen atoms in total. The highest BCUT2D eigenvalue weighted by Gasteiger charge is 2.15. The summed E-state index contributed by atoms with van der Waals surface area (Å²) in [5.41, 5.74) is 0. The van der Waals surface area contributed by atoms with Gasteiger partial charge in [0.2, 0.25) is 11.8 Å². The van der Waals surface area contributed by atoms with Gasteiger partial charge >= 0.3 is 6.03 Å². The monoisotopic (exact) mass is 364 g/mol. The van der Waals surface area contributed by atoms with Gasteiger partial charge < -0.3 is 25.7 Å². The Kier molecular flexibility index (Phi) is 8.51. The fourth-order valence-corrected chi connectivity index (χ4v) is 2.86. The molecule has 1 fully saturated rings. The van der Waals surface area contributed by atoms with Crippen molar-refractivity contribution in [3.8, 4) is 0 Å². The minimum Gasteiger partial charge on any atom is -0.467 e. The van der Waals surface area contributed by atoms with Crippen molar-refractivity contribution in [2.45, 2.75) is 57.5 Å². The van der Waals surface area contributed by atoms with Crippen molar-refractivity contribution in [2.75, 3.05) is 13.1 Å². The van der Waals surface area contributed by atoms with Crippen LogP contribution in [-0.2, 0) is 16.1 Å². The number of nitrogens with one attached hydrogen (secondary N) is 4. The van der Waals surface area contributed by atoms with Crippen LogP contribution in [0.4, 0.5) is 4.79 Å². The Morgan fingerprint density at radius 3 is 2.58 bits per heavy atom. The Labute approximate surface area is 153 Å². The van der Waals surface area contributed by atoms with E-state index in [0.717, 1.165) is 12.8 Å². The molecule has 0 aliphatic heterocycles. The van der Waals surface area contributed by atoms with E-state index in [0.29, 0.717) is 25.3 Å². The molecule has 1 saturated carbocycles. The lowest BCUT2D eigenvalue weighted by atomic mass is 9.96. The first-order valence-corrected chi connectivity index (χ1v) is 9.23. The lowest BCUT2D eigenvalue weighted by molar-refractivity contribution is -0.126. The highest BCUT2D eigenvalue weighted by Crippen LogP contribution is 2.17. The second-order valence-corrected chi connectivity index (χ2v) is 6.47. The van der Waals surface area contributed by atoms with Crippen molar-refractivity contribution in [1.82, 2.24) is 21.3 Å². The quantitative estimate of drug-likeness (QED) is 0.496. The lowest BCUT2D eigenvalue weighted by Gasteiger charge is -2.22. The molecule has 1 aromatic rings. The highest BCUT2D eigenvalue weighted by molar-refractivity contribution is 5.84. The zero-order valence-electron chi connectivity index (χ0n) is 15.0. The first kappa shape index (κ1) is 19.8. The molecule has 0 atom stereocenters. The van der Waals surface area contributed by atoms with Crippen molar-refractivity contribution >= 4 is 17.8 Å². The summed E-state index contributed by atoms with van der Waals surface area (Å²) in [4.78, 5) is 35.1. The SMILES string of the molecule is O=C(CCCNC(=O)NC1CCCCC1)NCC(=O)NCc1ccco1. The van der Waals surface area contributed by atoms with E-state index in [2.05, 4.69) is 21.3 Å². The molecule has 1 heterocycles. The summed E-state index contributed by atoms with van der Waals surface area (Å²) in [5, 5.41) is 10.9. The average Bonchev–Trinajstić information content (AvgIpc) is 3.16. The zero-order chi connectivity index (χ0) is 18.6. The molecule has 0 saturated heterocycles. The molecule has 8 heteroatoms. The molecule has 1 aromatic heterocycles. The molecule has 2 rings (SSSR count). The number of carbonyl (C=O) groups excluding carboxylic acids is 3. The van der Waals surface area contributed by atoms with Crippen molar-refractivity contribution < 1.29 is 18.8 Å². The number of hydrogen-bond acceptors (Lipinski definition) is 4. The molecule has 4 N–H and O–H groups in total. The van der Waals surface area contributed by atoms with E-state index < -0.39 is 0 Å². The summed E-state index contributed by atoms with van der Waals surface area (Å²) in [6.45, 7) is 0.646. The standard InChI is InChI=1S/C18H28N4O4/c23-16(21-13-17(24)20-12-15-8-5-11-26-15)9-4-10-19-18(25)22-14-6-2-1-3-7-14/h5,8,11,14H,1-4,6-7,9-10,12-13H2,(H,20,24)(H,21,23)(H2,19,22,25). The number of urea groups is 1. The predicted octanol–water partition coefficient (Wildman–Crippen LogP) is 1.42. The first-order valence-electron chi connectivity index (χ1n) is 9.23. The van der Waals surface area contributed by atoms with Gasteiger partial charge in [0, 0.05) is 19.0 Å². The smallest absolute Gasteiger partial charge is 0.315 e. The van der Waals surface area contributed by atoms with Crippen LogP contribution >= 0.6 is 0 Å². The minimum absolute atomic E-state index is 0.0743. The van der Waals surface area contributed by atoms with E-state index in [1.54, 1.807) is 12.1 Å². The molecule has 0 aromatic carbocycles. The summed E-state index contributed by atoms with van der Waals surface area (Å²) in [6, 6.07) is 3.60. The van der Waals surface area contributed by atoms with Crippen LogP contribution in [0, 0.1) is 0 Å². The number of furan rings is 1. The molecule has 0 unspecified atom stereocenters. The van der Waals surface area contributed by atoms with Crippen LogP contribution in [0.2, 0.25) is 0 Å². The molecule has 4 amide bonds. The van der Waals surface area contributed by atoms with Gasteiger partial charge in [-0.3, -0.25) is 9.59 Å². The molecule has 0 radical (unpaired) electrons. The number of hydrogen-bond donors (Lipinski definition) is 4. The van der Waals surface area contributed by atoms with Gasteiger partial charge in [-0.25, -0.2) is 4.79 Å². The average molecular weight is 364 g/mol. The number of amides is 4. The van der Waals surface area contributed by atoms with E-state index in [-0.39, 0.29) is 36.9 Å². The van der Waals surface area contributed by atoms with E-state index in [4.69, 9.17) is 4.42 Å². The summed E-state index contributed by atoms with van der Waals surface area (Å²) in [6.07, 6.45) is 7.98. The zero-order valence-corrected chi connectivity index (χ0v) is 15.0. The Morgan fingerprint density at radius 2 is 1.85 bits per heavy atom. The number of rotatable bonds is 9. The van der Waals surface area contributed by atoms with E-state index in [1.807, 2.05) is 0 Å². The second kappa shape index (κ2) is 11.2. The van der Waals surface area contributed by atoms with Crippen LogP contribution in [0.1, 0.15) is 50.7 Å². The van der Waals surface area contributed by atoms with Crippen LogP contribution in [0.5, 0.6) is 0 Å². The molecule has 26 heavy (non-hydrogen) atoms. The van der Waals surface area contributed by atoms with Crippen LogP contribution < -0.4 is 21.3 Å². The van der Waals surface area contributed by atoms with Gasteiger partial charge in [-0.05, 0) is 31.4 Å². The van der Waals surface area contributed by atoms with Crippen molar-refractivity contribution in [2.24, 2.45) is 0 Å². The van der Waals surface area contributed by atoms with E-state index in [1.165, 1.54) is 25.5 Å². The van der Waals surface area contributed by atoms with E-state index in [9.17, 15) is 14.4 Å². The van der Waals surface area contributed by atoms with Gasteiger partial charge in [0.15, 0.2) is 0 Å². The van der Waals surface area contributed by atoms with Gasteiger partial charge in [0.05, 0.1) is 19.4 Å². The fraction of sp³-hybridized carbons (Fsp3) is 0.611. The Hall–Kier alpha value is -2.51.